The minimum Gasteiger partial charge on any atom is -0.122 e. The highest BCUT2D eigenvalue weighted by molar-refractivity contribution is 7.57. The van der Waals surface area contributed by atoms with Crippen LogP contribution in [0.5, 0.6) is 0 Å². The van der Waals surface area contributed by atoms with E-state index in [0.29, 0.717) is 11.8 Å². The minimum absolute atomic E-state index is 0.0675. The first-order valence-electron chi connectivity index (χ1n) is 9.25. The van der Waals surface area contributed by atoms with Crippen LogP contribution in [-0.4, -0.2) is 18.5 Å². The first-order valence-corrected chi connectivity index (χ1v) is 12.4. The van der Waals surface area contributed by atoms with Gasteiger partial charge in [-0.25, -0.2) is 0 Å². The molecule has 0 N–H and O–H groups in total. The minimum atomic E-state index is 0.0675. The van der Waals surface area contributed by atoms with Crippen molar-refractivity contribution in [2.45, 2.75) is 71.1 Å². The number of benzene rings is 1. The lowest BCUT2D eigenvalue weighted by atomic mass is 10.1. The van der Waals surface area contributed by atoms with Crippen LogP contribution in [0.25, 0.3) is 0 Å². The molecule has 0 aliphatic carbocycles. The van der Waals surface area contributed by atoms with Gasteiger partial charge in [0.25, 0.3) is 0 Å². The molecule has 0 atom stereocenters. The summed E-state index contributed by atoms with van der Waals surface area (Å²) in [5.74, 6) is 1.09. The Morgan fingerprint density at radius 1 is 0.696 bits per heavy atom. The van der Waals surface area contributed by atoms with E-state index >= 15 is 0 Å². The summed E-state index contributed by atoms with van der Waals surface area (Å²) in [7, 11) is 0.0675. The van der Waals surface area contributed by atoms with Crippen LogP contribution in [0.3, 0.4) is 0 Å². The average molecular weight is 378 g/mol. The maximum atomic E-state index is 5.65. The largest absolute Gasteiger partial charge is 0.122 e. The molecule has 0 bridgehead atoms. The maximum Gasteiger partial charge on any atom is 0.0571 e. The number of hydrogen-bond donors (Lipinski definition) is 0. The Hall–Kier alpha value is 0.230. The second kappa shape index (κ2) is 17.1. The first-order chi connectivity index (χ1) is 11.2. The second-order valence-electron chi connectivity index (χ2n) is 6.10. The summed E-state index contributed by atoms with van der Waals surface area (Å²) in [6, 6.07) is 7.91. The summed E-state index contributed by atoms with van der Waals surface area (Å²) < 4.78 is 0. The van der Waals surface area contributed by atoms with E-state index in [1.54, 1.807) is 18.5 Å². The predicted molar refractivity (Wildman–Crippen MR) is 113 cm³/mol. The van der Waals surface area contributed by atoms with Crippen molar-refractivity contribution in [3.63, 3.8) is 0 Å². The van der Waals surface area contributed by atoms with E-state index < -0.39 is 0 Å². The molecule has 0 fully saturated rings. The Morgan fingerprint density at radius 2 is 1.04 bits per heavy atom. The van der Waals surface area contributed by atoms with Crippen LogP contribution in [0, 0.1) is 0 Å². The SMILES string of the molecule is CCCC[PH+](CCCC)CCCC.ClCc1ccccc1CCl. The van der Waals surface area contributed by atoms with E-state index in [1.165, 1.54) is 38.5 Å². The van der Waals surface area contributed by atoms with Crippen molar-refractivity contribution >= 4 is 31.1 Å². The molecule has 1 rings (SSSR count). The molecule has 1 aromatic rings. The van der Waals surface area contributed by atoms with Gasteiger partial charge in [0.15, 0.2) is 0 Å². The monoisotopic (exact) mass is 377 g/mol. The molecule has 0 spiro atoms. The molecule has 0 nitrogen and oxygen atoms in total. The van der Waals surface area contributed by atoms with E-state index in [4.69, 9.17) is 23.2 Å². The number of halogens is 2. The molecule has 0 unspecified atom stereocenters. The average Bonchev–Trinajstić information content (AvgIpc) is 2.61. The molecule has 1 aromatic carbocycles. The van der Waals surface area contributed by atoms with Crippen LogP contribution in [0.15, 0.2) is 24.3 Å². The summed E-state index contributed by atoms with van der Waals surface area (Å²) in [6.45, 7) is 6.96. The highest BCUT2D eigenvalue weighted by Crippen LogP contribution is 2.38. The van der Waals surface area contributed by atoms with Crippen LogP contribution in [0.4, 0.5) is 0 Å². The first kappa shape index (κ1) is 23.2. The summed E-state index contributed by atoms with van der Waals surface area (Å²) in [5.41, 5.74) is 2.25. The van der Waals surface area contributed by atoms with Gasteiger partial charge in [0, 0.05) is 19.7 Å². The zero-order chi connectivity index (χ0) is 17.3. The van der Waals surface area contributed by atoms with Crippen LogP contribution in [0.1, 0.15) is 70.4 Å². The van der Waals surface area contributed by atoms with Crippen molar-refractivity contribution in [2.75, 3.05) is 18.5 Å². The molecule has 0 aliphatic rings. The third kappa shape index (κ3) is 12.3. The fourth-order valence-corrected chi connectivity index (χ4v) is 6.31. The fraction of sp³-hybridized carbons (Fsp3) is 0.700. The topological polar surface area (TPSA) is 0 Å². The van der Waals surface area contributed by atoms with Crippen LogP contribution < -0.4 is 0 Å². The van der Waals surface area contributed by atoms with Crippen molar-refractivity contribution in [3.05, 3.63) is 35.4 Å². The molecule has 134 valence electrons. The van der Waals surface area contributed by atoms with Gasteiger partial charge in [-0.15, -0.1) is 23.2 Å². The van der Waals surface area contributed by atoms with Gasteiger partial charge in [-0.3, -0.25) is 0 Å². The third-order valence-electron chi connectivity index (χ3n) is 4.06. The standard InChI is InChI=1S/C12H27P.C8H8Cl2/c1-4-7-10-13(11-8-5-2)12-9-6-3;9-5-7-3-1-2-4-8(7)6-10/h4-12H2,1-3H3;1-4H,5-6H2/p+1. The van der Waals surface area contributed by atoms with Gasteiger partial charge in [0.05, 0.1) is 18.5 Å². The van der Waals surface area contributed by atoms with E-state index in [9.17, 15) is 0 Å². The Bertz CT molecular complexity index is 326. The van der Waals surface area contributed by atoms with Gasteiger partial charge >= 0.3 is 0 Å². The molecule has 0 aliphatic heterocycles. The van der Waals surface area contributed by atoms with Gasteiger partial charge in [-0.05, 0) is 30.4 Å². The lowest BCUT2D eigenvalue weighted by Gasteiger charge is -2.09. The smallest absolute Gasteiger partial charge is 0.0571 e. The second-order valence-corrected chi connectivity index (χ2v) is 9.63. The number of alkyl halides is 2. The quantitative estimate of drug-likeness (QED) is 0.273. The highest BCUT2D eigenvalue weighted by atomic mass is 35.5. The highest BCUT2D eigenvalue weighted by Gasteiger charge is 2.12. The maximum absolute atomic E-state index is 5.65. The number of hydrogen-bond acceptors (Lipinski definition) is 0. The van der Waals surface area contributed by atoms with Crippen molar-refractivity contribution in [3.8, 4) is 0 Å². The summed E-state index contributed by atoms with van der Waals surface area (Å²) in [5, 5.41) is 0. The molecule has 0 radical (unpaired) electrons. The normalized spacial score (nSPS) is 10.5. The fourth-order valence-electron chi connectivity index (χ4n) is 2.47. The Morgan fingerprint density at radius 3 is 1.30 bits per heavy atom. The Balaban J connectivity index is 0.000000433. The van der Waals surface area contributed by atoms with Crippen LogP contribution in [0.2, 0.25) is 0 Å². The zero-order valence-electron chi connectivity index (χ0n) is 15.3. The Labute approximate surface area is 156 Å². The van der Waals surface area contributed by atoms with E-state index in [-0.39, 0.29) is 7.92 Å². The summed E-state index contributed by atoms with van der Waals surface area (Å²) >= 11 is 11.3. The molecule has 0 aromatic heterocycles. The Kier molecular flexibility index (Phi) is 17.2. The predicted octanol–water partition coefficient (Wildman–Crippen LogP) is 7.77. The number of rotatable bonds is 11. The third-order valence-corrected chi connectivity index (χ3v) is 7.82. The lowest BCUT2D eigenvalue weighted by molar-refractivity contribution is 0.847. The van der Waals surface area contributed by atoms with Gasteiger partial charge in [-0.1, -0.05) is 64.3 Å². The summed E-state index contributed by atoms with van der Waals surface area (Å²) in [4.78, 5) is 0. The van der Waals surface area contributed by atoms with Crippen molar-refractivity contribution in [1.29, 1.82) is 0 Å². The number of unbranched alkanes of at least 4 members (excludes halogenated alkanes) is 3. The van der Waals surface area contributed by atoms with Gasteiger partial charge < -0.3 is 0 Å². The van der Waals surface area contributed by atoms with E-state index in [1.807, 2.05) is 24.3 Å². The molecule has 0 amide bonds. The van der Waals surface area contributed by atoms with Crippen molar-refractivity contribution in [2.24, 2.45) is 0 Å². The molecule has 0 saturated carbocycles. The molecular weight excluding hydrogens is 342 g/mol. The van der Waals surface area contributed by atoms with E-state index in [2.05, 4.69) is 20.8 Å². The van der Waals surface area contributed by atoms with Gasteiger partial charge in [0.2, 0.25) is 0 Å². The van der Waals surface area contributed by atoms with E-state index in [0.717, 1.165) is 11.1 Å². The van der Waals surface area contributed by atoms with Gasteiger partial charge in [-0.2, -0.15) is 0 Å². The molecule has 0 heterocycles. The zero-order valence-corrected chi connectivity index (χ0v) is 17.9. The van der Waals surface area contributed by atoms with Crippen LogP contribution in [-0.2, 0) is 11.8 Å². The lowest BCUT2D eigenvalue weighted by Crippen LogP contribution is -1.95. The molecule has 23 heavy (non-hydrogen) atoms. The van der Waals surface area contributed by atoms with Crippen molar-refractivity contribution < 1.29 is 0 Å². The van der Waals surface area contributed by atoms with Gasteiger partial charge in [0.1, 0.15) is 0 Å². The molecular formula is C20H36Cl2P+. The molecule has 0 saturated heterocycles. The summed E-state index contributed by atoms with van der Waals surface area (Å²) in [6.07, 6.45) is 13.4. The van der Waals surface area contributed by atoms with Crippen LogP contribution >= 0.6 is 31.1 Å². The molecule has 3 heteroatoms. The van der Waals surface area contributed by atoms with Crippen molar-refractivity contribution in [1.82, 2.24) is 0 Å².